The SMILES string of the molecule is Cc1cc(C(=O)Nc2ccc(CN3CCN(C)CC3)cc2)ccc1NC(=O)CSc1nc2cc3c(cc2cc1C#N)OCCO3. The molecule has 3 heterocycles. The van der Waals surface area contributed by atoms with Crippen molar-refractivity contribution >= 4 is 45.9 Å². The second-order valence-electron chi connectivity index (χ2n) is 11.2. The van der Waals surface area contributed by atoms with Crippen LogP contribution in [0.2, 0.25) is 0 Å². The van der Waals surface area contributed by atoms with Crippen LogP contribution in [0.4, 0.5) is 11.4 Å². The van der Waals surface area contributed by atoms with Gasteiger partial charge in [0.1, 0.15) is 24.3 Å². The Morgan fingerprint density at radius 3 is 2.40 bits per heavy atom. The number of fused-ring (bicyclic) bond motifs is 2. The zero-order valence-corrected chi connectivity index (χ0v) is 26.1. The van der Waals surface area contributed by atoms with Crippen molar-refractivity contribution in [1.29, 1.82) is 5.26 Å². The fourth-order valence-electron chi connectivity index (χ4n) is 5.31. The van der Waals surface area contributed by atoms with Crippen LogP contribution in [0.3, 0.4) is 0 Å². The molecular weight excluding hydrogens is 588 g/mol. The van der Waals surface area contributed by atoms with Crippen molar-refractivity contribution in [1.82, 2.24) is 14.8 Å². The average Bonchev–Trinajstić information content (AvgIpc) is 3.05. The third-order valence-electron chi connectivity index (χ3n) is 7.88. The molecular formula is C34H34N6O4S. The van der Waals surface area contributed by atoms with E-state index >= 15 is 0 Å². The number of nitrogens with one attached hydrogen (secondary N) is 2. The number of piperazine rings is 1. The molecule has 0 bridgehead atoms. The number of likely N-dealkylation sites (N-methyl/N-ethyl adjacent to an activating group) is 1. The fraction of sp³-hybridized carbons (Fsp3) is 0.294. The summed E-state index contributed by atoms with van der Waals surface area (Å²) in [5.41, 5.74) is 4.86. The third kappa shape index (κ3) is 7.37. The normalized spacial score (nSPS) is 15.0. The molecule has 2 aliphatic rings. The Kier molecular flexibility index (Phi) is 9.16. The van der Waals surface area contributed by atoms with Crippen molar-refractivity contribution in [2.75, 3.05) is 62.8 Å². The maximum Gasteiger partial charge on any atom is 0.255 e. The predicted octanol–water partition coefficient (Wildman–Crippen LogP) is 4.92. The smallest absolute Gasteiger partial charge is 0.255 e. The Bertz CT molecular complexity index is 1780. The molecule has 0 spiro atoms. The summed E-state index contributed by atoms with van der Waals surface area (Å²) in [6.45, 7) is 7.96. The van der Waals surface area contributed by atoms with E-state index in [-0.39, 0.29) is 17.6 Å². The molecule has 2 N–H and O–H groups in total. The van der Waals surface area contributed by atoms with Gasteiger partial charge in [-0.2, -0.15) is 5.26 Å². The lowest BCUT2D eigenvalue weighted by Gasteiger charge is -2.32. The van der Waals surface area contributed by atoms with E-state index in [1.807, 2.05) is 25.1 Å². The number of hydrogen-bond acceptors (Lipinski definition) is 9. The number of benzene rings is 3. The van der Waals surface area contributed by atoms with Crippen molar-refractivity contribution in [3.63, 3.8) is 0 Å². The van der Waals surface area contributed by atoms with Crippen molar-refractivity contribution in [3.8, 4) is 17.6 Å². The zero-order valence-electron chi connectivity index (χ0n) is 25.3. The van der Waals surface area contributed by atoms with Gasteiger partial charge >= 0.3 is 0 Å². The van der Waals surface area contributed by atoms with Gasteiger partial charge in [-0.15, -0.1) is 0 Å². The summed E-state index contributed by atoms with van der Waals surface area (Å²) in [4.78, 5) is 35.2. The first-order valence-corrected chi connectivity index (χ1v) is 15.8. The first-order chi connectivity index (χ1) is 21.8. The summed E-state index contributed by atoms with van der Waals surface area (Å²) in [5, 5.41) is 16.8. The number of pyridine rings is 1. The van der Waals surface area contributed by atoms with E-state index in [0.29, 0.717) is 52.1 Å². The Morgan fingerprint density at radius 2 is 1.69 bits per heavy atom. The lowest BCUT2D eigenvalue weighted by atomic mass is 10.1. The van der Waals surface area contributed by atoms with Gasteiger partial charge in [0.25, 0.3) is 5.91 Å². The van der Waals surface area contributed by atoms with Crippen molar-refractivity contribution in [3.05, 3.63) is 82.9 Å². The molecule has 10 nitrogen and oxygen atoms in total. The highest BCUT2D eigenvalue weighted by atomic mass is 32.2. The van der Waals surface area contributed by atoms with E-state index in [2.05, 4.69) is 50.7 Å². The van der Waals surface area contributed by atoms with Gasteiger partial charge in [-0.25, -0.2) is 4.98 Å². The summed E-state index contributed by atoms with van der Waals surface area (Å²) < 4.78 is 11.3. The topological polar surface area (TPSA) is 120 Å². The van der Waals surface area contributed by atoms with Crippen molar-refractivity contribution in [2.24, 2.45) is 0 Å². The molecule has 0 atom stereocenters. The van der Waals surface area contributed by atoms with Crippen LogP contribution in [-0.2, 0) is 11.3 Å². The molecule has 0 aliphatic carbocycles. The van der Waals surface area contributed by atoms with Crippen LogP contribution in [0.5, 0.6) is 11.5 Å². The second kappa shape index (κ2) is 13.6. The molecule has 11 heteroatoms. The molecule has 1 saturated heterocycles. The van der Waals surface area contributed by atoms with Gasteiger partial charge in [0.05, 0.1) is 16.8 Å². The molecule has 6 rings (SSSR count). The highest BCUT2D eigenvalue weighted by molar-refractivity contribution is 8.00. The van der Waals surface area contributed by atoms with Crippen LogP contribution in [0, 0.1) is 18.3 Å². The van der Waals surface area contributed by atoms with Gasteiger partial charge in [0.15, 0.2) is 11.5 Å². The van der Waals surface area contributed by atoms with Crippen molar-refractivity contribution < 1.29 is 19.1 Å². The molecule has 0 saturated carbocycles. The van der Waals surface area contributed by atoms with Crippen LogP contribution in [0.25, 0.3) is 10.9 Å². The van der Waals surface area contributed by atoms with Crippen LogP contribution >= 0.6 is 11.8 Å². The Labute approximate surface area is 266 Å². The maximum atomic E-state index is 13.0. The monoisotopic (exact) mass is 622 g/mol. The van der Waals surface area contributed by atoms with E-state index in [4.69, 9.17) is 9.47 Å². The summed E-state index contributed by atoms with van der Waals surface area (Å²) in [7, 11) is 2.15. The number of anilines is 2. The van der Waals surface area contributed by atoms with Crippen LogP contribution < -0.4 is 20.1 Å². The highest BCUT2D eigenvalue weighted by Gasteiger charge is 2.18. The van der Waals surface area contributed by atoms with Crippen LogP contribution in [0.15, 0.2) is 65.7 Å². The minimum atomic E-state index is -0.245. The number of nitrogens with zero attached hydrogens (tertiary/aromatic N) is 4. The molecule has 230 valence electrons. The number of thioether (sulfide) groups is 1. The van der Waals surface area contributed by atoms with E-state index in [1.54, 1.807) is 30.3 Å². The largest absolute Gasteiger partial charge is 0.486 e. The predicted molar refractivity (Wildman–Crippen MR) is 175 cm³/mol. The summed E-state index contributed by atoms with van der Waals surface area (Å²) in [6.07, 6.45) is 0. The number of nitriles is 1. The lowest BCUT2D eigenvalue weighted by molar-refractivity contribution is -0.113. The van der Waals surface area contributed by atoms with Gasteiger partial charge in [-0.1, -0.05) is 23.9 Å². The standard InChI is InChI=1S/C34H34N6O4S/c1-22-15-24(33(42)36-27-6-3-23(4-7-27)20-40-11-9-39(2)10-12-40)5-8-28(22)37-32(41)21-45-34-26(19-35)16-25-17-30-31(18-29(25)38-34)44-14-13-43-30/h3-8,15-18H,9-14,20-21H2,1-2H3,(H,36,42)(H,37,41). The molecule has 4 aromatic rings. The Hall–Kier alpha value is -4.63. The minimum absolute atomic E-state index is 0.0597. The second-order valence-corrected chi connectivity index (χ2v) is 12.2. The number of ether oxygens (including phenoxy) is 2. The zero-order chi connectivity index (χ0) is 31.3. The van der Waals surface area contributed by atoms with Gasteiger partial charge in [0.2, 0.25) is 5.91 Å². The molecule has 2 aliphatic heterocycles. The van der Waals surface area contributed by atoms with Gasteiger partial charge in [-0.05, 0) is 67.6 Å². The summed E-state index contributed by atoms with van der Waals surface area (Å²) >= 11 is 1.19. The first-order valence-electron chi connectivity index (χ1n) is 14.8. The Balaban J connectivity index is 1.04. The number of rotatable bonds is 8. The fourth-order valence-corrected chi connectivity index (χ4v) is 6.07. The minimum Gasteiger partial charge on any atom is -0.486 e. The average molecular weight is 623 g/mol. The molecule has 0 unspecified atom stereocenters. The molecule has 45 heavy (non-hydrogen) atoms. The number of hydrogen-bond donors (Lipinski definition) is 2. The quantitative estimate of drug-likeness (QED) is 0.264. The van der Waals surface area contributed by atoms with E-state index in [1.165, 1.54) is 17.3 Å². The third-order valence-corrected chi connectivity index (χ3v) is 8.87. The Morgan fingerprint density at radius 1 is 0.956 bits per heavy atom. The van der Waals surface area contributed by atoms with E-state index in [9.17, 15) is 14.9 Å². The van der Waals surface area contributed by atoms with Gasteiger partial charge in [-0.3, -0.25) is 14.5 Å². The molecule has 3 aromatic carbocycles. The van der Waals surface area contributed by atoms with Gasteiger partial charge < -0.3 is 25.0 Å². The van der Waals surface area contributed by atoms with E-state index < -0.39 is 0 Å². The molecule has 2 amide bonds. The first kappa shape index (κ1) is 30.4. The molecule has 1 fully saturated rings. The van der Waals surface area contributed by atoms with Crippen LogP contribution in [0.1, 0.15) is 27.0 Å². The molecule has 1 aromatic heterocycles. The highest BCUT2D eigenvalue weighted by Crippen LogP contribution is 2.35. The lowest BCUT2D eigenvalue weighted by Crippen LogP contribution is -2.43. The number of aryl methyl sites for hydroxylation is 1. The van der Waals surface area contributed by atoms with Gasteiger partial charge in [0, 0.05) is 61.1 Å². The number of carbonyl (C=O) groups is 2. The maximum absolute atomic E-state index is 13.0. The number of carbonyl (C=O) groups excluding carboxylic acids is 2. The number of amides is 2. The summed E-state index contributed by atoms with van der Waals surface area (Å²) in [5.74, 6) is 0.836. The molecule has 0 radical (unpaired) electrons. The van der Waals surface area contributed by atoms with Crippen LogP contribution in [-0.4, -0.2) is 78.8 Å². The summed E-state index contributed by atoms with van der Waals surface area (Å²) in [6, 6.07) is 20.7. The van der Waals surface area contributed by atoms with E-state index in [0.717, 1.165) is 49.4 Å². The number of aromatic nitrogens is 1. The van der Waals surface area contributed by atoms with Crippen molar-refractivity contribution in [2.45, 2.75) is 18.5 Å².